The summed E-state index contributed by atoms with van der Waals surface area (Å²) < 4.78 is 5.99. The lowest BCUT2D eigenvalue weighted by molar-refractivity contribution is -0.116. The molecule has 1 aliphatic heterocycles. The molecule has 1 aromatic rings. The second-order valence-corrected chi connectivity index (χ2v) is 5.60. The molecule has 2 N–H and O–H groups in total. The van der Waals surface area contributed by atoms with Crippen LogP contribution in [0.1, 0.15) is 25.7 Å². The van der Waals surface area contributed by atoms with Gasteiger partial charge in [0.15, 0.2) is 0 Å². The normalized spacial score (nSPS) is 18.9. The second-order valence-electron chi connectivity index (χ2n) is 4.75. The van der Waals surface area contributed by atoms with Crippen LogP contribution in [0.5, 0.6) is 5.75 Å². The van der Waals surface area contributed by atoms with E-state index in [4.69, 9.17) is 4.74 Å². The maximum absolute atomic E-state index is 11.9. The number of amides is 1. The summed E-state index contributed by atoms with van der Waals surface area (Å²) in [7, 11) is 1.62. The van der Waals surface area contributed by atoms with E-state index in [1.165, 1.54) is 12.8 Å². The van der Waals surface area contributed by atoms with E-state index < -0.39 is 0 Å². The van der Waals surface area contributed by atoms with E-state index in [0.717, 1.165) is 28.9 Å². The Morgan fingerprint density at radius 1 is 1.53 bits per heavy atom. The summed E-state index contributed by atoms with van der Waals surface area (Å²) in [6, 6.07) is 5.84. The molecule has 0 aromatic heterocycles. The Hall–Kier alpha value is -1.07. The van der Waals surface area contributed by atoms with E-state index in [1.807, 2.05) is 18.2 Å². The lowest BCUT2D eigenvalue weighted by Gasteiger charge is -2.22. The molecular formula is C14H19BrN2O2. The minimum Gasteiger partial charge on any atom is -0.496 e. The number of benzene rings is 1. The summed E-state index contributed by atoms with van der Waals surface area (Å²) in [5, 5.41) is 6.29. The number of rotatable bonds is 4. The smallest absolute Gasteiger partial charge is 0.225 e. The number of nitrogens with one attached hydrogen (secondary N) is 2. The Labute approximate surface area is 122 Å². The minimum absolute atomic E-state index is 0.0523. The van der Waals surface area contributed by atoms with Crippen molar-refractivity contribution >= 4 is 27.5 Å². The molecule has 1 amide bonds. The van der Waals surface area contributed by atoms with Gasteiger partial charge in [-0.3, -0.25) is 4.79 Å². The molecule has 5 heteroatoms. The Morgan fingerprint density at radius 3 is 3.00 bits per heavy atom. The zero-order valence-electron chi connectivity index (χ0n) is 11.0. The van der Waals surface area contributed by atoms with Crippen LogP contribution in [0, 0.1) is 0 Å². The number of ether oxygens (including phenoxy) is 1. The number of piperidine rings is 1. The standard InChI is InChI=1S/C14H19BrN2O2/c1-19-13-6-5-11(8-12(13)15)17-14(18)9-10-4-2-3-7-16-10/h5-6,8,10,16H,2-4,7,9H2,1H3,(H,17,18). The van der Waals surface area contributed by atoms with Gasteiger partial charge in [0.25, 0.3) is 0 Å². The summed E-state index contributed by atoms with van der Waals surface area (Å²) >= 11 is 3.41. The van der Waals surface area contributed by atoms with Crippen molar-refractivity contribution in [3.05, 3.63) is 22.7 Å². The molecule has 1 heterocycles. The fraction of sp³-hybridized carbons (Fsp3) is 0.500. The molecule has 0 saturated carbocycles. The number of anilines is 1. The van der Waals surface area contributed by atoms with Gasteiger partial charge >= 0.3 is 0 Å². The van der Waals surface area contributed by atoms with E-state index >= 15 is 0 Å². The van der Waals surface area contributed by atoms with Crippen molar-refractivity contribution in [2.24, 2.45) is 0 Å². The van der Waals surface area contributed by atoms with E-state index in [9.17, 15) is 4.79 Å². The molecule has 19 heavy (non-hydrogen) atoms. The third-order valence-corrected chi connectivity index (χ3v) is 3.90. The summed E-state index contributed by atoms with van der Waals surface area (Å²) in [5.74, 6) is 0.809. The van der Waals surface area contributed by atoms with Gasteiger partial charge < -0.3 is 15.4 Å². The van der Waals surface area contributed by atoms with Crippen molar-refractivity contribution in [3.8, 4) is 5.75 Å². The fourth-order valence-electron chi connectivity index (χ4n) is 2.28. The summed E-state index contributed by atoms with van der Waals surface area (Å²) in [6.45, 7) is 1.02. The number of hydrogen-bond acceptors (Lipinski definition) is 3. The lowest BCUT2D eigenvalue weighted by Crippen LogP contribution is -2.36. The lowest BCUT2D eigenvalue weighted by atomic mass is 10.0. The Kier molecular flexibility index (Phi) is 5.22. The number of methoxy groups -OCH3 is 1. The van der Waals surface area contributed by atoms with Crippen LogP contribution < -0.4 is 15.4 Å². The largest absolute Gasteiger partial charge is 0.496 e. The molecule has 4 nitrogen and oxygen atoms in total. The number of hydrogen-bond donors (Lipinski definition) is 2. The summed E-state index contributed by atoms with van der Waals surface area (Å²) in [4.78, 5) is 11.9. The van der Waals surface area contributed by atoms with Crippen molar-refractivity contribution in [3.63, 3.8) is 0 Å². The molecular weight excluding hydrogens is 308 g/mol. The molecule has 1 unspecified atom stereocenters. The predicted molar refractivity (Wildman–Crippen MR) is 79.6 cm³/mol. The van der Waals surface area contributed by atoms with E-state index in [0.29, 0.717) is 12.5 Å². The van der Waals surface area contributed by atoms with Crippen LogP contribution in [-0.2, 0) is 4.79 Å². The first-order chi connectivity index (χ1) is 9.19. The van der Waals surface area contributed by atoms with Crippen molar-refractivity contribution in [1.29, 1.82) is 0 Å². The zero-order valence-corrected chi connectivity index (χ0v) is 12.6. The average molecular weight is 327 g/mol. The van der Waals surface area contributed by atoms with Crippen LogP contribution in [0.2, 0.25) is 0 Å². The van der Waals surface area contributed by atoms with Crippen LogP contribution in [0.3, 0.4) is 0 Å². The van der Waals surface area contributed by atoms with Gasteiger partial charge in [-0.1, -0.05) is 6.42 Å². The topological polar surface area (TPSA) is 50.4 Å². The third kappa shape index (κ3) is 4.21. The maximum atomic E-state index is 11.9. The molecule has 1 atom stereocenters. The Balaban J connectivity index is 1.89. The monoisotopic (exact) mass is 326 g/mol. The van der Waals surface area contributed by atoms with Crippen LogP contribution in [-0.4, -0.2) is 25.6 Å². The highest BCUT2D eigenvalue weighted by molar-refractivity contribution is 9.10. The molecule has 2 rings (SSSR count). The average Bonchev–Trinajstić information content (AvgIpc) is 2.40. The van der Waals surface area contributed by atoms with Gasteiger partial charge in [-0.2, -0.15) is 0 Å². The molecule has 1 aromatic carbocycles. The van der Waals surface area contributed by atoms with E-state index in [2.05, 4.69) is 26.6 Å². The second kappa shape index (κ2) is 6.91. The first-order valence-corrected chi connectivity index (χ1v) is 7.35. The summed E-state index contributed by atoms with van der Waals surface area (Å²) in [6.07, 6.45) is 4.03. The van der Waals surface area contributed by atoms with Crippen LogP contribution in [0.25, 0.3) is 0 Å². The zero-order chi connectivity index (χ0) is 13.7. The van der Waals surface area contributed by atoms with Gasteiger partial charge in [-0.15, -0.1) is 0 Å². The molecule has 0 bridgehead atoms. The first kappa shape index (κ1) is 14.3. The third-order valence-electron chi connectivity index (χ3n) is 3.28. The highest BCUT2D eigenvalue weighted by atomic mass is 79.9. The SMILES string of the molecule is COc1ccc(NC(=O)CC2CCCCN2)cc1Br. The number of halogens is 1. The van der Waals surface area contributed by atoms with Crippen LogP contribution >= 0.6 is 15.9 Å². The van der Waals surface area contributed by atoms with Gasteiger partial charge in [0.05, 0.1) is 11.6 Å². The van der Waals surface area contributed by atoms with Crippen molar-refractivity contribution < 1.29 is 9.53 Å². The molecule has 0 aliphatic carbocycles. The Bertz CT molecular complexity index is 445. The number of carbonyl (C=O) groups is 1. The highest BCUT2D eigenvalue weighted by Gasteiger charge is 2.16. The molecule has 1 aliphatic rings. The minimum atomic E-state index is 0.0523. The fourth-order valence-corrected chi connectivity index (χ4v) is 2.82. The highest BCUT2D eigenvalue weighted by Crippen LogP contribution is 2.27. The molecule has 1 saturated heterocycles. The summed E-state index contributed by atoms with van der Waals surface area (Å²) in [5.41, 5.74) is 0.786. The predicted octanol–water partition coefficient (Wildman–Crippen LogP) is 2.93. The quantitative estimate of drug-likeness (QED) is 0.894. The molecule has 104 valence electrons. The van der Waals surface area contributed by atoms with Crippen molar-refractivity contribution in [2.75, 3.05) is 19.0 Å². The van der Waals surface area contributed by atoms with Gasteiger partial charge in [0.2, 0.25) is 5.91 Å². The van der Waals surface area contributed by atoms with E-state index in [-0.39, 0.29) is 5.91 Å². The van der Waals surface area contributed by atoms with E-state index in [1.54, 1.807) is 7.11 Å². The number of carbonyl (C=O) groups excluding carboxylic acids is 1. The maximum Gasteiger partial charge on any atom is 0.225 e. The van der Waals surface area contributed by atoms with Crippen LogP contribution in [0.15, 0.2) is 22.7 Å². The molecule has 0 spiro atoms. The van der Waals surface area contributed by atoms with Gasteiger partial charge in [0, 0.05) is 18.2 Å². The Morgan fingerprint density at radius 2 is 2.37 bits per heavy atom. The van der Waals surface area contributed by atoms with Crippen molar-refractivity contribution in [2.45, 2.75) is 31.7 Å². The first-order valence-electron chi connectivity index (χ1n) is 6.56. The van der Waals surface area contributed by atoms with Crippen LogP contribution in [0.4, 0.5) is 5.69 Å². The molecule has 1 fully saturated rings. The molecule has 0 radical (unpaired) electrons. The van der Waals surface area contributed by atoms with Gasteiger partial charge in [-0.25, -0.2) is 0 Å². The van der Waals surface area contributed by atoms with Gasteiger partial charge in [0.1, 0.15) is 5.75 Å². The van der Waals surface area contributed by atoms with Gasteiger partial charge in [-0.05, 0) is 53.5 Å². The van der Waals surface area contributed by atoms with Crippen molar-refractivity contribution in [1.82, 2.24) is 5.32 Å².